The minimum absolute atomic E-state index is 0.304. The Morgan fingerprint density at radius 2 is 2.20 bits per heavy atom. The Kier molecular flexibility index (Phi) is 4.64. The summed E-state index contributed by atoms with van der Waals surface area (Å²) in [5.74, 6) is 0. The van der Waals surface area contributed by atoms with Gasteiger partial charge in [0.1, 0.15) is 4.90 Å². The van der Waals surface area contributed by atoms with Crippen LogP contribution in [0.3, 0.4) is 0 Å². The molecule has 0 unspecified atom stereocenters. The van der Waals surface area contributed by atoms with Gasteiger partial charge in [0.25, 0.3) is 0 Å². The first-order valence-corrected chi connectivity index (χ1v) is 8.68. The Balaban J connectivity index is 2.31. The topological polar surface area (TPSA) is 68.3 Å². The summed E-state index contributed by atoms with van der Waals surface area (Å²) in [6, 6.07) is 5.51. The molecule has 0 aliphatic rings. The predicted molar refractivity (Wildman–Crippen MR) is 80.9 cm³/mol. The van der Waals surface area contributed by atoms with Crippen molar-refractivity contribution < 1.29 is 8.42 Å². The second-order valence-corrected chi connectivity index (χ2v) is 7.46. The van der Waals surface area contributed by atoms with Crippen LogP contribution in [0, 0.1) is 0 Å². The van der Waals surface area contributed by atoms with Crippen molar-refractivity contribution in [3.8, 4) is 0 Å². The number of nitrogens with zero attached hydrogens (tertiary/aromatic N) is 2. The molecule has 2 heterocycles. The van der Waals surface area contributed by atoms with Gasteiger partial charge in [0.15, 0.2) is 0 Å². The fraction of sp³-hybridized carbons (Fsp3) is 0.385. The van der Waals surface area contributed by atoms with Crippen LogP contribution in [0.4, 0.5) is 0 Å². The second kappa shape index (κ2) is 6.09. The van der Waals surface area contributed by atoms with E-state index in [1.807, 2.05) is 24.4 Å². The smallest absolute Gasteiger partial charge is 0.244 e. The van der Waals surface area contributed by atoms with Crippen LogP contribution >= 0.6 is 11.3 Å². The molecule has 0 spiro atoms. The quantitative estimate of drug-likeness (QED) is 0.883. The maximum absolute atomic E-state index is 12.6. The number of nitrogens with two attached hydrogens (primary N) is 1. The van der Waals surface area contributed by atoms with E-state index < -0.39 is 10.0 Å². The highest BCUT2D eigenvalue weighted by Gasteiger charge is 2.25. The summed E-state index contributed by atoms with van der Waals surface area (Å²) in [6.07, 6.45) is 1.62. The third-order valence-electron chi connectivity index (χ3n) is 3.19. The molecule has 0 bridgehead atoms. The highest BCUT2D eigenvalue weighted by Crippen LogP contribution is 2.21. The van der Waals surface area contributed by atoms with Crippen LogP contribution < -0.4 is 5.73 Å². The third kappa shape index (κ3) is 2.95. The molecule has 2 aromatic heterocycles. The molecule has 7 heteroatoms. The number of hydrogen-bond donors (Lipinski definition) is 1. The van der Waals surface area contributed by atoms with Crippen LogP contribution in [0.1, 0.15) is 17.5 Å². The molecule has 110 valence electrons. The zero-order chi connectivity index (χ0) is 14.8. The lowest BCUT2D eigenvalue weighted by Gasteiger charge is -2.18. The normalized spacial score (nSPS) is 12.2. The Hall–Kier alpha value is -1.15. The van der Waals surface area contributed by atoms with Crippen molar-refractivity contribution in [1.82, 2.24) is 8.87 Å². The summed E-state index contributed by atoms with van der Waals surface area (Å²) in [5, 5.41) is 1.95. The highest BCUT2D eigenvalue weighted by molar-refractivity contribution is 7.89. The van der Waals surface area contributed by atoms with E-state index in [2.05, 4.69) is 0 Å². The Labute approximate surface area is 123 Å². The maximum atomic E-state index is 12.6. The Morgan fingerprint density at radius 3 is 2.70 bits per heavy atom. The second-order valence-electron chi connectivity index (χ2n) is 4.49. The van der Waals surface area contributed by atoms with Gasteiger partial charge in [-0.05, 0) is 17.5 Å². The fourth-order valence-corrected chi connectivity index (χ4v) is 4.34. The third-order valence-corrected chi connectivity index (χ3v) is 5.94. The van der Waals surface area contributed by atoms with Gasteiger partial charge in [0.2, 0.25) is 10.0 Å². The number of hydrogen-bond acceptors (Lipinski definition) is 4. The standard InChI is InChI=1S/C13H19N3O2S2/c1-3-16(9-12-5-4-6-19-12)20(17,18)13-7-11(8-14)15(2)10-13/h4-7,10H,3,8-9,14H2,1-2H3. The molecule has 0 amide bonds. The average Bonchev–Trinajstić information content (AvgIpc) is 3.04. The lowest BCUT2D eigenvalue weighted by molar-refractivity contribution is 0.426. The SMILES string of the molecule is CCN(Cc1cccs1)S(=O)(=O)c1cc(CN)n(C)c1. The minimum atomic E-state index is -3.48. The molecule has 2 rings (SSSR count). The van der Waals surface area contributed by atoms with Gasteiger partial charge in [-0.3, -0.25) is 0 Å². The molecule has 5 nitrogen and oxygen atoms in total. The molecule has 0 radical (unpaired) electrons. The van der Waals surface area contributed by atoms with Crippen LogP contribution in [0.25, 0.3) is 0 Å². The monoisotopic (exact) mass is 313 g/mol. The van der Waals surface area contributed by atoms with Gasteiger partial charge in [-0.1, -0.05) is 13.0 Å². The fourth-order valence-electron chi connectivity index (χ4n) is 2.01. The molecule has 0 saturated carbocycles. The Morgan fingerprint density at radius 1 is 1.45 bits per heavy atom. The molecule has 0 aliphatic heterocycles. The van der Waals surface area contributed by atoms with Gasteiger partial charge in [-0.2, -0.15) is 4.31 Å². The van der Waals surface area contributed by atoms with E-state index in [0.717, 1.165) is 10.6 Å². The number of sulfonamides is 1. The summed E-state index contributed by atoms with van der Waals surface area (Å²) < 4.78 is 28.5. The molecule has 20 heavy (non-hydrogen) atoms. The van der Waals surface area contributed by atoms with Crippen LogP contribution in [0.2, 0.25) is 0 Å². The summed E-state index contributed by atoms with van der Waals surface area (Å²) in [4.78, 5) is 1.34. The lowest BCUT2D eigenvalue weighted by atomic mass is 10.4. The van der Waals surface area contributed by atoms with E-state index in [1.165, 1.54) is 4.31 Å². The van der Waals surface area contributed by atoms with E-state index in [0.29, 0.717) is 24.5 Å². The number of rotatable bonds is 6. The van der Waals surface area contributed by atoms with Crippen LogP contribution in [0.15, 0.2) is 34.7 Å². The van der Waals surface area contributed by atoms with Gasteiger partial charge in [0, 0.05) is 43.4 Å². The van der Waals surface area contributed by atoms with Gasteiger partial charge in [-0.15, -0.1) is 11.3 Å². The predicted octanol–water partition coefficient (Wildman–Crippen LogP) is 1.76. The molecule has 2 N–H and O–H groups in total. The largest absolute Gasteiger partial charge is 0.352 e. The molecule has 2 aromatic rings. The molecule has 0 atom stereocenters. The van der Waals surface area contributed by atoms with E-state index in [1.54, 1.807) is 35.2 Å². The zero-order valence-corrected chi connectivity index (χ0v) is 13.2. The van der Waals surface area contributed by atoms with Crippen molar-refractivity contribution in [2.45, 2.75) is 24.9 Å². The molecule has 0 aromatic carbocycles. The van der Waals surface area contributed by atoms with Crippen LogP contribution in [0.5, 0.6) is 0 Å². The summed E-state index contributed by atoms with van der Waals surface area (Å²) in [7, 11) is -1.67. The van der Waals surface area contributed by atoms with Crippen molar-refractivity contribution in [1.29, 1.82) is 0 Å². The first kappa shape index (κ1) is 15.2. The Bertz CT molecular complexity index is 660. The van der Waals surface area contributed by atoms with Gasteiger partial charge in [0.05, 0.1) is 0 Å². The van der Waals surface area contributed by atoms with Crippen LogP contribution in [-0.4, -0.2) is 23.8 Å². The van der Waals surface area contributed by atoms with Crippen molar-refractivity contribution in [2.75, 3.05) is 6.54 Å². The minimum Gasteiger partial charge on any atom is -0.352 e. The van der Waals surface area contributed by atoms with Gasteiger partial charge < -0.3 is 10.3 Å². The zero-order valence-electron chi connectivity index (χ0n) is 11.6. The van der Waals surface area contributed by atoms with Gasteiger partial charge >= 0.3 is 0 Å². The van der Waals surface area contributed by atoms with Crippen molar-refractivity contribution >= 4 is 21.4 Å². The van der Waals surface area contributed by atoms with E-state index in [4.69, 9.17) is 5.73 Å². The summed E-state index contributed by atoms with van der Waals surface area (Å²) in [6.45, 7) is 3.01. The number of aryl methyl sites for hydroxylation is 1. The highest BCUT2D eigenvalue weighted by atomic mass is 32.2. The molecular formula is C13H19N3O2S2. The molecular weight excluding hydrogens is 294 g/mol. The molecule has 0 fully saturated rings. The molecule has 0 saturated heterocycles. The van der Waals surface area contributed by atoms with Crippen molar-refractivity contribution in [3.63, 3.8) is 0 Å². The van der Waals surface area contributed by atoms with Crippen molar-refractivity contribution in [3.05, 3.63) is 40.3 Å². The molecule has 0 aliphatic carbocycles. The van der Waals surface area contributed by atoms with E-state index in [9.17, 15) is 8.42 Å². The number of thiophene rings is 1. The lowest BCUT2D eigenvalue weighted by Crippen LogP contribution is -2.29. The van der Waals surface area contributed by atoms with Crippen molar-refractivity contribution in [2.24, 2.45) is 12.8 Å². The number of aromatic nitrogens is 1. The maximum Gasteiger partial charge on any atom is 0.244 e. The van der Waals surface area contributed by atoms with Gasteiger partial charge in [-0.25, -0.2) is 8.42 Å². The first-order valence-electron chi connectivity index (χ1n) is 6.37. The van der Waals surface area contributed by atoms with Crippen LogP contribution in [-0.2, 0) is 30.2 Å². The van der Waals surface area contributed by atoms with E-state index >= 15 is 0 Å². The average molecular weight is 313 g/mol. The first-order chi connectivity index (χ1) is 9.48. The summed E-state index contributed by atoms with van der Waals surface area (Å²) in [5.41, 5.74) is 6.40. The summed E-state index contributed by atoms with van der Waals surface area (Å²) >= 11 is 1.56. The van der Waals surface area contributed by atoms with E-state index in [-0.39, 0.29) is 0 Å².